The van der Waals surface area contributed by atoms with Crippen molar-refractivity contribution in [3.63, 3.8) is 0 Å². The van der Waals surface area contributed by atoms with Crippen LogP contribution in [0.3, 0.4) is 0 Å². The minimum atomic E-state index is 0.564. The highest BCUT2D eigenvalue weighted by molar-refractivity contribution is 6.08. The fraction of sp³-hybridized carbons (Fsp3) is 0. The van der Waals surface area contributed by atoms with Gasteiger partial charge in [0.05, 0.1) is 5.69 Å². The summed E-state index contributed by atoms with van der Waals surface area (Å²) in [6.07, 6.45) is 0. The van der Waals surface area contributed by atoms with Gasteiger partial charge in [0.15, 0.2) is 5.58 Å². The molecular formula is C55H35N3O3. The van der Waals surface area contributed by atoms with Crippen molar-refractivity contribution >= 4 is 89.1 Å². The molecule has 0 unspecified atom stereocenters. The molecule has 0 aliphatic carbocycles. The van der Waals surface area contributed by atoms with Crippen molar-refractivity contribution in [2.24, 2.45) is 0 Å². The molecule has 0 aliphatic heterocycles. The third kappa shape index (κ3) is 6.00. The van der Waals surface area contributed by atoms with E-state index in [1.807, 2.05) is 66.7 Å². The number of nitrogens with zero attached hydrogens (tertiary/aromatic N) is 3. The van der Waals surface area contributed by atoms with E-state index in [9.17, 15) is 0 Å². The quantitative estimate of drug-likeness (QED) is 0.153. The molecule has 0 amide bonds. The standard InChI is InChI=1S/C55H35N3O3/c1-4-14-37(15-5-1)55-56-54-48(58(40-18-8-3-9-19-40)43-29-31-52-47(35-43)45-21-11-13-23-50(45)60-52)32-38(33-53(54)61-55)36-24-26-41(27-25-36)57(39-16-6-2-7-17-39)42-28-30-51-46(34-42)44-20-10-12-22-49(44)59-51/h1-35H. The summed E-state index contributed by atoms with van der Waals surface area (Å²) in [6.45, 7) is 0. The Morgan fingerprint density at radius 3 is 1.38 bits per heavy atom. The fourth-order valence-electron chi connectivity index (χ4n) is 8.59. The zero-order valence-corrected chi connectivity index (χ0v) is 32.8. The second-order valence-electron chi connectivity index (χ2n) is 15.2. The van der Waals surface area contributed by atoms with Gasteiger partial charge in [0.2, 0.25) is 5.89 Å². The van der Waals surface area contributed by atoms with Crippen LogP contribution in [0.2, 0.25) is 0 Å². The van der Waals surface area contributed by atoms with Gasteiger partial charge in [-0.15, -0.1) is 0 Å². The van der Waals surface area contributed by atoms with Gasteiger partial charge in [-0.3, -0.25) is 0 Å². The lowest BCUT2D eigenvalue weighted by Gasteiger charge is -2.26. The first kappa shape index (κ1) is 34.7. The summed E-state index contributed by atoms with van der Waals surface area (Å²) in [7, 11) is 0. The SMILES string of the molecule is c1ccc(-c2nc3c(N(c4ccccc4)c4ccc5oc6ccccc6c5c4)cc(-c4ccc(N(c5ccccc5)c5ccc6oc7ccccc7c6c5)cc4)cc3o2)cc1. The zero-order chi connectivity index (χ0) is 40.3. The summed E-state index contributed by atoms with van der Waals surface area (Å²) in [5.74, 6) is 0.564. The van der Waals surface area contributed by atoms with Crippen LogP contribution in [0.1, 0.15) is 0 Å². The van der Waals surface area contributed by atoms with Crippen molar-refractivity contribution in [1.82, 2.24) is 4.98 Å². The molecule has 9 aromatic carbocycles. The topological polar surface area (TPSA) is 58.8 Å². The van der Waals surface area contributed by atoms with Crippen LogP contribution in [0.25, 0.3) is 77.6 Å². The Labute approximate surface area is 350 Å². The van der Waals surface area contributed by atoms with Crippen LogP contribution in [-0.2, 0) is 0 Å². The summed E-state index contributed by atoms with van der Waals surface area (Å²) in [5, 5.41) is 4.29. The van der Waals surface area contributed by atoms with E-state index in [1.165, 1.54) is 0 Å². The summed E-state index contributed by atoms with van der Waals surface area (Å²) in [4.78, 5) is 9.75. The van der Waals surface area contributed by atoms with Gasteiger partial charge < -0.3 is 23.1 Å². The lowest BCUT2D eigenvalue weighted by Crippen LogP contribution is -2.11. The highest BCUT2D eigenvalue weighted by Crippen LogP contribution is 2.45. The molecule has 0 atom stereocenters. The molecule has 0 aliphatic rings. The van der Waals surface area contributed by atoms with Gasteiger partial charge in [-0.1, -0.05) is 103 Å². The van der Waals surface area contributed by atoms with E-state index < -0.39 is 0 Å². The van der Waals surface area contributed by atoms with Crippen molar-refractivity contribution < 1.29 is 13.3 Å². The third-order valence-corrected chi connectivity index (χ3v) is 11.5. The van der Waals surface area contributed by atoms with Crippen LogP contribution in [0.5, 0.6) is 0 Å². The number of furan rings is 2. The van der Waals surface area contributed by atoms with Gasteiger partial charge in [-0.25, -0.2) is 4.98 Å². The Bertz CT molecular complexity index is 3540. The summed E-state index contributed by atoms with van der Waals surface area (Å²) >= 11 is 0. The molecular weight excluding hydrogens is 751 g/mol. The molecule has 61 heavy (non-hydrogen) atoms. The highest BCUT2D eigenvalue weighted by Gasteiger charge is 2.23. The Kier molecular flexibility index (Phi) is 8.06. The van der Waals surface area contributed by atoms with E-state index >= 15 is 0 Å². The molecule has 0 saturated heterocycles. The maximum atomic E-state index is 6.66. The van der Waals surface area contributed by atoms with Crippen molar-refractivity contribution in [3.05, 3.63) is 212 Å². The molecule has 3 heterocycles. The average Bonchev–Trinajstić information content (AvgIpc) is 4.04. The summed E-state index contributed by atoms with van der Waals surface area (Å²) < 4.78 is 19.1. The summed E-state index contributed by atoms with van der Waals surface area (Å²) in [5.41, 5.74) is 13.8. The second-order valence-corrected chi connectivity index (χ2v) is 15.2. The van der Waals surface area contributed by atoms with Gasteiger partial charge in [-0.2, -0.15) is 0 Å². The second kappa shape index (κ2) is 14.2. The first-order valence-corrected chi connectivity index (χ1v) is 20.4. The smallest absolute Gasteiger partial charge is 0.227 e. The number of aromatic nitrogens is 1. The van der Waals surface area contributed by atoms with Gasteiger partial charge in [0.1, 0.15) is 27.8 Å². The number of benzene rings is 9. The molecule has 0 N–H and O–H groups in total. The maximum Gasteiger partial charge on any atom is 0.227 e. The van der Waals surface area contributed by atoms with E-state index in [2.05, 4.69) is 155 Å². The van der Waals surface area contributed by atoms with E-state index in [0.717, 1.165) is 100 Å². The van der Waals surface area contributed by atoms with Gasteiger partial charge in [-0.05, 0) is 120 Å². The molecule has 0 saturated carbocycles. The Hall–Kier alpha value is -8.35. The van der Waals surface area contributed by atoms with Gasteiger partial charge >= 0.3 is 0 Å². The van der Waals surface area contributed by atoms with Crippen LogP contribution < -0.4 is 9.80 Å². The number of hydrogen-bond donors (Lipinski definition) is 0. The van der Waals surface area contributed by atoms with Crippen molar-refractivity contribution in [2.75, 3.05) is 9.80 Å². The molecule has 288 valence electrons. The lowest BCUT2D eigenvalue weighted by molar-refractivity contribution is 0.620. The monoisotopic (exact) mass is 785 g/mol. The number of rotatable bonds is 8. The predicted octanol–water partition coefficient (Wildman–Crippen LogP) is 15.9. The largest absolute Gasteiger partial charge is 0.456 e. The summed E-state index contributed by atoms with van der Waals surface area (Å²) in [6, 6.07) is 73.3. The van der Waals surface area contributed by atoms with Crippen LogP contribution >= 0.6 is 0 Å². The van der Waals surface area contributed by atoms with E-state index in [0.29, 0.717) is 11.5 Å². The van der Waals surface area contributed by atoms with Crippen molar-refractivity contribution in [2.45, 2.75) is 0 Å². The molecule has 0 bridgehead atoms. The number of para-hydroxylation sites is 4. The van der Waals surface area contributed by atoms with Crippen LogP contribution in [0, 0.1) is 0 Å². The Morgan fingerprint density at radius 1 is 0.295 bits per heavy atom. The van der Waals surface area contributed by atoms with Gasteiger partial charge in [0, 0.05) is 55.5 Å². The zero-order valence-electron chi connectivity index (χ0n) is 32.8. The molecule has 0 fully saturated rings. The maximum absolute atomic E-state index is 6.66. The Balaban J connectivity index is 1.02. The van der Waals surface area contributed by atoms with Crippen molar-refractivity contribution in [1.29, 1.82) is 0 Å². The molecule has 6 nitrogen and oxygen atoms in total. The van der Waals surface area contributed by atoms with E-state index in [-0.39, 0.29) is 0 Å². The highest BCUT2D eigenvalue weighted by atomic mass is 16.3. The van der Waals surface area contributed by atoms with Crippen LogP contribution in [0.4, 0.5) is 34.1 Å². The number of oxazole rings is 1. The molecule has 12 aromatic rings. The van der Waals surface area contributed by atoms with Gasteiger partial charge in [0.25, 0.3) is 0 Å². The number of hydrogen-bond acceptors (Lipinski definition) is 6. The average molecular weight is 786 g/mol. The van der Waals surface area contributed by atoms with Crippen LogP contribution in [0.15, 0.2) is 226 Å². The molecule has 0 radical (unpaired) electrons. The first-order valence-electron chi connectivity index (χ1n) is 20.4. The number of anilines is 6. The van der Waals surface area contributed by atoms with E-state index in [4.69, 9.17) is 18.2 Å². The van der Waals surface area contributed by atoms with Crippen LogP contribution in [-0.4, -0.2) is 4.98 Å². The minimum Gasteiger partial charge on any atom is -0.456 e. The number of fused-ring (bicyclic) bond motifs is 7. The van der Waals surface area contributed by atoms with E-state index in [1.54, 1.807) is 0 Å². The normalized spacial score (nSPS) is 11.6. The lowest BCUT2D eigenvalue weighted by atomic mass is 10.0. The Morgan fingerprint density at radius 2 is 0.770 bits per heavy atom. The molecule has 3 aromatic heterocycles. The minimum absolute atomic E-state index is 0.564. The third-order valence-electron chi connectivity index (χ3n) is 11.5. The molecule has 6 heteroatoms. The fourth-order valence-corrected chi connectivity index (χ4v) is 8.59. The molecule has 12 rings (SSSR count). The molecule has 0 spiro atoms. The first-order chi connectivity index (χ1) is 30.2. The predicted molar refractivity (Wildman–Crippen MR) is 249 cm³/mol. The van der Waals surface area contributed by atoms with Crippen molar-refractivity contribution in [3.8, 4) is 22.6 Å².